The fourth-order valence-electron chi connectivity index (χ4n) is 3.81. The summed E-state index contributed by atoms with van der Waals surface area (Å²) in [5, 5.41) is 3.17. The van der Waals surface area contributed by atoms with Gasteiger partial charge in [-0.2, -0.15) is 0 Å². The van der Waals surface area contributed by atoms with E-state index in [0.717, 1.165) is 42.8 Å². The number of amides is 2. The number of carbonyl (C=O) groups excluding carboxylic acids is 3. The molecule has 0 atom stereocenters. The smallest absolute Gasteiger partial charge is 0.349 e. The summed E-state index contributed by atoms with van der Waals surface area (Å²) < 4.78 is 6.96. The van der Waals surface area contributed by atoms with Gasteiger partial charge in [-0.1, -0.05) is 6.42 Å². The summed E-state index contributed by atoms with van der Waals surface area (Å²) in [5.74, 6) is -0.632. The summed E-state index contributed by atoms with van der Waals surface area (Å²) in [6, 6.07) is -0.0298. The molecule has 2 aromatic rings. The largest absolute Gasteiger partial charge is 0.451 e. The number of nitrogens with zero attached hydrogens (tertiary/aromatic N) is 3. The van der Waals surface area contributed by atoms with E-state index in [1.54, 1.807) is 18.4 Å². The lowest BCUT2D eigenvalue weighted by molar-refractivity contribution is -0.138. The molecule has 9 nitrogen and oxygen atoms in total. The Kier molecular flexibility index (Phi) is 7.65. The van der Waals surface area contributed by atoms with Crippen LogP contribution >= 0.6 is 11.3 Å². The quantitative estimate of drug-likeness (QED) is 0.631. The predicted octanol–water partition coefficient (Wildman–Crippen LogP) is 2.02. The van der Waals surface area contributed by atoms with Crippen molar-refractivity contribution >= 4 is 39.3 Å². The van der Waals surface area contributed by atoms with Gasteiger partial charge in [-0.3, -0.25) is 19.0 Å². The van der Waals surface area contributed by atoms with Crippen LogP contribution < -0.4 is 10.9 Å². The van der Waals surface area contributed by atoms with Crippen molar-refractivity contribution in [3.05, 3.63) is 26.6 Å². The molecule has 174 valence electrons. The van der Waals surface area contributed by atoms with E-state index < -0.39 is 18.5 Å². The first-order chi connectivity index (χ1) is 15.2. The normalized spacial score (nSPS) is 13.5. The number of likely N-dealkylation sites (N-methyl/N-ethyl adjacent to an activating group) is 1. The van der Waals surface area contributed by atoms with Crippen molar-refractivity contribution < 1.29 is 19.1 Å². The van der Waals surface area contributed by atoms with Crippen molar-refractivity contribution in [3.8, 4) is 0 Å². The summed E-state index contributed by atoms with van der Waals surface area (Å²) in [7, 11) is 0. The van der Waals surface area contributed by atoms with E-state index in [-0.39, 0.29) is 28.9 Å². The number of ether oxygens (including phenoxy) is 1. The van der Waals surface area contributed by atoms with Crippen LogP contribution in [0.4, 0.5) is 0 Å². The maximum Gasteiger partial charge on any atom is 0.349 e. The van der Waals surface area contributed by atoms with Gasteiger partial charge in [0.1, 0.15) is 15.5 Å². The highest BCUT2D eigenvalue weighted by molar-refractivity contribution is 7.20. The molecule has 0 radical (unpaired) electrons. The van der Waals surface area contributed by atoms with Gasteiger partial charge in [0, 0.05) is 25.6 Å². The molecule has 2 aromatic heterocycles. The van der Waals surface area contributed by atoms with Crippen LogP contribution in [0, 0.1) is 6.92 Å². The number of nitrogens with one attached hydrogen (secondary N) is 1. The van der Waals surface area contributed by atoms with Crippen LogP contribution in [0.5, 0.6) is 0 Å². The first kappa shape index (κ1) is 23.9. The van der Waals surface area contributed by atoms with Gasteiger partial charge in [-0.15, -0.1) is 11.3 Å². The molecule has 2 amide bonds. The Labute approximate surface area is 190 Å². The van der Waals surface area contributed by atoms with Gasteiger partial charge < -0.3 is 15.0 Å². The van der Waals surface area contributed by atoms with Crippen LogP contribution in [-0.4, -0.2) is 58.0 Å². The molecular formula is C22H30N4O5S. The third-order valence-corrected chi connectivity index (χ3v) is 6.61. The minimum Gasteiger partial charge on any atom is -0.451 e. The number of aryl methyl sites for hydroxylation is 2. The van der Waals surface area contributed by atoms with Crippen molar-refractivity contribution in [2.45, 2.75) is 66.0 Å². The molecule has 0 bridgehead atoms. The molecule has 3 rings (SSSR count). The van der Waals surface area contributed by atoms with Gasteiger partial charge in [-0.25, -0.2) is 9.78 Å². The topological polar surface area (TPSA) is 111 Å². The average molecular weight is 463 g/mol. The number of hydrogen-bond acceptors (Lipinski definition) is 7. The summed E-state index contributed by atoms with van der Waals surface area (Å²) >= 11 is 1.12. The molecule has 0 saturated heterocycles. The third kappa shape index (κ3) is 5.17. The van der Waals surface area contributed by atoms with Crippen molar-refractivity contribution in [3.63, 3.8) is 0 Å². The van der Waals surface area contributed by atoms with E-state index in [4.69, 9.17) is 4.74 Å². The fourth-order valence-corrected chi connectivity index (χ4v) is 4.89. The molecule has 3 heterocycles. The average Bonchev–Trinajstić information content (AvgIpc) is 2.90. The number of thiophene rings is 1. The molecule has 1 N–H and O–H groups in total. The second kappa shape index (κ2) is 10.2. The van der Waals surface area contributed by atoms with Crippen molar-refractivity contribution in [1.82, 2.24) is 19.8 Å². The highest BCUT2D eigenvalue weighted by Gasteiger charge is 2.24. The zero-order chi connectivity index (χ0) is 23.4. The second-order valence-electron chi connectivity index (χ2n) is 8.24. The van der Waals surface area contributed by atoms with Crippen LogP contribution in [0.15, 0.2) is 4.79 Å². The molecule has 0 aliphatic carbocycles. The molecule has 1 aliphatic heterocycles. The number of esters is 1. The van der Waals surface area contributed by atoms with Gasteiger partial charge in [0.25, 0.3) is 11.5 Å². The number of fused-ring (bicyclic) bond motifs is 2. The van der Waals surface area contributed by atoms with Crippen LogP contribution in [-0.2, 0) is 27.3 Å². The number of aromatic nitrogens is 2. The van der Waals surface area contributed by atoms with Crippen molar-refractivity contribution in [1.29, 1.82) is 0 Å². The van der Waals surface area contributed by atoms with Crippen LogP contribution in [0.1, 0.15) is 61.1 Å². The lowest BCUT2D eigenvalue weighted by Crippen LogP contribution is -2.44. The van der Waals surface area contributed by atoms with Gasteiger partial charge in [0.15, 0.2) is 6.61 Å². The summed E-state index contributed by atoms with van der Waals surface area (Å²) in [6.07, 6.45) is 3.73. The Balaban J connectivity index is 1.74. The molecule has 0 fully saturated rings. The first-order valence-corrected chi connectivity index (χ1v) is 11.8. The predicted molar refractivity (Wildman–Crippen MR) is 122 cm³/mol. The van der Waals surface area contributed by atoms with Gasteiger partial charge in [0.2, 0.25) is 5.91 Å². The zero-order valence-corrected chi connectivity index (χ0v) is 19.8. The summed E-state index contributed by atoms with van der Waals surface area (Å²) in [6.45, 7) is 7.51. The zero-order valence-electron chi connectivity index (χ0n) is 19.0. The van der Waals surface area contributed by atoms with E-state index in [1.807, 2.05) is 13.8 Å². The van der Waals surface area contributed by atoms with E-state index in [9.17, 15) is 19.2 Å². The Hall–Kier alpha value is -2.75. The maximum absolute atomic E-state index is 13.0. The molecule has 0 aromatic carbocycles. The monoisotopic (exact) mass is 462 g/mol. The number of hydrogen-bond donors (Lipinski definition) is 1. The standard InChI is InChI=1S/C22H30N4O5S/c1-5-25(11-16(27)23-13(2)3)17(28)12-31-22(30)19-14(4)18-20(32-19)24-15-9-7-6-8-10-26(15)21(18)29/h13H,5-12H2,1-4H3,(H,23,27). The molecular weight excluding hydrogens is 432 g/mol. The number of rotatable bonds is 7. The third-order valence-electron chi connectivity index (χ3n) is 5.44. The highest BCUT2D eigenvalue weighted by atomic mass is 32.1. The van der Waals surface area contributed by atoms with E-state index in [0.29, 0.717) is 28.9 Å². The Bertz CT molecular complexity index is 1090. The molecule has 32 heavy (non-hydrogen) atoms. The Morgan fingerprint density at radius 3 is 2.69 bits per heavy atom. The maximum atomic E-state index is 13.0. The molecule has 0 unspecified atom stereocenters. The summed E-state index contributed by atoms with van der Waals surface area (Å²) in [4.78, 5) is 56.9. The second-order valence-corrected chi connectivity index (χ2v) is 9.24. The molecule has 0 spiro atoms. The van der Waals surface area contributed by atoms with E-state index in [1.165, 1.54) is 4.90 Å². The minimum absolute atomic E-state index is 0.0298. The Morgan fingerprint density at radius 2 is 2.00 bits per heavy atom. The van der Waals surface area contributed by atoms with Crippen molar-refractivity contribution in [2.24, 2.45) is 0 Å². The summed E-state index contributed by atoms with van der Waals surface area (Å²) in [5.41, 5.74) is 0.409. The van der Waals surface area contributed by atoms with Gasteiger partial charge >= 0.3 is 5.97 Å². The van der Waals surface area contributed by atoms with Crippen molar-refractivity contribution in [2.75, 3.05) is 19.7 Å². The first-order valence-electron chi connectivity index (χ1n) is 11.0. The highest BCUT2D eigenvalue weighted by Crippen LogP contribution is 2.29. The fraction of sp³-hybridized carbons (Fsp3) is 0.591. The lowest BCUT2D eigenvalue weighted by Gasteiger charge is -2.20. The SMILES string of the molecule is CCN(CC(=O)NC(C)C)C(=O)COC(=O)c1sc2nc3n(c(=O)c2c1C)CCCCC3. The van der Waals surface area contributed by atoms with E-state index >= 15 is 0 Å². The van der Waals surface area contributed by atoms with E-state index in [2.05, 4.69) is 10.3 Å². The van der Waals surface area contributed by atoms with Gasteiger partial charge in [-0.05, 0) is 46.1 Å². The number of carbonyl (C=O) groups is 3. The molecule has 1 aliphatic rings. The lowest BCUT2D eigenvalue weighted by atomic mass is 10.2. The molecule has 10 heteroatoms. The minimum atomic E-state index is -0.666. The van der Waals surface area contributed by atoms with Crippen LogP contribution in [0.25, 0.3) is 10.2 Å². The van der Waals surface area contributed by atoms with Gasteiger partial charge in [0.05, 0.1) is 11.9 Å². The van der Waals surface area contributed by atoms with Crippen LogP contribution in [0.3, 0.4) is 0 Å². The molecule has 0 saturated carbocycles. The van der Waals surface area contributed by atoms with Crippen LogP contribution in [0.2, 0.25) is 0 Å². The Morgan fingerprint density at radius 1 is 1.25 bits per heavy atom.